The van der Waals surface area contributed by atoms with Gasteiger partial charge in [0, 0.05) is 20.3 Å². The highest BCUT2D eigenvalue weighted by Gasteiger charge is 2.55. The summed E-state index contributed by atoms with van der Waals surface area (Å²) < 4.78 is 10.2. The quantitative estimate of drug-likeness (QED) is 0.217. The van der Waals surface area contributed by atoms with Crippen LogP contribution in [0.1, 0.15) is 104 Å². The highest BCUT2D eigenvalue weighted by Crippen LogP contribution is 2.32. The molecular formula is C24H40O6. The Labute approximate surface area is 181 Å². The first-order valence-electron chi connectivity index (χ1n) is 11.6. The summed E-state index contributed by atoms with van der Waals surface area (Å²) in [6.07, 6.45) is 14.9. The van der Waals surface area contributed by atoms with E-state index < -0.39 is 35.5 Å². The Balaban J connectivity index is 2.30. The number of rotatable bonds is 16. The Hall–Kier alpha value is -1.69. The fraction of sp³-hybridized carbons (Fsp3) is 0.792. The van der Waals surface area contributed by atoms with E-state index in [1.807, 2.05) is 0 Å². The molecule has 2 unspecified atom stereocenters. The van der Waals surface area contributed by atoms with Crippen LogP contribution in [0, 0.1) is 0 Å². The van der Waals surface area contributed by atoms with Gasteiger partial charge >= 0.3 is 11.9 Å². The molecule has 1 rings (SSSR count). The topological polar surface area (TPSA) is 89.9 Å². The van der Waals surface area contributed by atoms with Crippen molar-refractivity contribution < 1.29 is 29.0 Å². The van der Waals surface area contributed by atoms with Crippen LogP contribution in [0.3, 0.4) is 0 Å². The van der Waals surface area contributed by atoms with E-state index in [1.54, 1.807) is 0 Å². The molecule has 0 aromatic carbocycles. The smallest absolute Gasteiger partial charge is 0.303 e. The number of carbonyl (C=O) groups excluding carboxylic acids is 3. The Morgan fingerprint density at radius 1 is 0.733 bits per heavy atom. The second kappa shape index (κ2) is 14.3. The zero-order valence-electron chi connectivity index (χ0n) is 19.0. The normalized spacial score (nSPS) is 22.8. The molecule has 0 heterocycles. The van der Waals surface area contributed by atoms with Crippen molar-refractivity contribution in [3.8, 4) is 0 Å². The molecule has 6 heteroatoms. The third kappa shape index (κ3) is 8.99. The van der Waals surface area contributed by atoms with Gasteiger partial charge in [-0.2, -0.15) is 0 Å². The van der Waals surface area contributed by atoms with Crippen molar-refractivity contribution in [2.45, 2.75) is 122 Å². The van der Waals surface area contributed by atoms with Gasteiger partial charge in [0.1, 0.15) is 0 Å². The van der Waals surface area contributed by atoms with E-state index in [1.165, 1.54) is 77.4 Å². The average molecular weight is 425 g/mol. The van der Waals surface area contributed by atoms with E-state index in [-0.39, 0.29) is 6.42 Å². The van der Waals surface area contributed by atoms with Gasteiger partial charge in [-0.05, 0) is 18.6 Å². The predicted molar refractivity (Wildman–Crippen MR) is 116 cm³/mol. The van der Waals surface area contributed by atoms with E-state index in [2.05, 4.69) is 6.92 Å². The molecule has 0 aromatic heterocycles. The van der Waals surface area contributed by atoms with Gasteiger partial charge in [-0.3, -0.25) is 14.4 Å². The third-order valence-corrected chi connectivity index (χ3v) is 5.62. The second-order valence-corrected chi connectivity index (χ2v) is 8.33. The number of hydrogen-bond acceptors (Lipinski definition) is 6. The highest BCUT2D eigenvalue weighted by molar-refractivity contribution is 5.90. The van der Waals surface area contributed by atoms with Crippen LogP contribution >= 0.6 is 0 Å². The molecule has 0 aromatic rings. The van der Waals surface area contributed by atoms with Crippen molar-refractivity contribution in [2.24, 2.45) is 0 Å². The van der Waals surface area contributed by atoms with Crippen LogP contribution in [-0.4, -0.2) is 40.6 Å². The molecule has 0 bridgehead atoms. The van der Waals surface area contributed by atoms with Crippen LogP contribution in [0.5, 0.6) is 0 Å². The Morgan fingerprint density at radius 3 is 1.47 bits per heavy atom. The van der Waals surface area contributed by atoms with Gasteiger partial charge in [0.05, 0.1) is 0 Å². The molecular weight excluding hydrogens is 384 g/mol. The molecule has 172 valence electrons. The van der Waals surface area contributed by atoms with Crippen LogP contribution in [0.2, 0.25) is 0 Å². The van der Waals surface area contributed by atoms with Crippen LogP contribution in [0.15, 0.2) is 12.2 Å². The number of esters is 2. The SMILES string of the molecule is CCCCCCCCCCCCCCC(=O)C1(O)C(OC(C)=O)C=CC1OC(C)=O. The largest absolute Gasteiger partial charge is 0.455 e. The fourth-order valence-electron chi connectivity index (χ4n) is 3.92. The maximum absolute atomic E-state index is 12.8. The lowest BCUT2D eigenvalue weighted by atomic mass is 9.87. The molecule has 1 N–H and O–H groups in total. The summed E-state index contributed by atoms with van der Waals surface area (Å²) in [5, 5.41) is 11.0. The van der Waals surface area contributed by atoms with E-state index in [0.717, 1.165) is 19.3 Å². The standard InChI is InChI=1S/C24H40O6/c1-4-5-6-7-8-9-10-11-12-13-14-15-16-21(27)24(28)22(29-19(2)25)17-18-23(24)30-20(3)26/h17-18,22-23,28H,4-16H2,1-3H3. The van der Waals surface area contributed by atoms with Crippen molar-refractivity contribution >= 4 is 17.7 Å². The van der Waals surface area contributed by atoms with Gasteiger partial charge in [-0.1, -0.05) is 77.6 Å². The third-order valence-electron chi connectivity index (χ3n) is 5.62. The predicted octanol–water partition coefficient (Wildman–Crippen LogP) is 4.81. The number of ether oxygens (including phenoxy) is 2. The molecule has 30 heavy (non-hydrogen) atoms. The van der Waals surface area contributed by atoms with Crippen molar-refractivity contribution in [1.29, 1.82) is 0 Å². The molecule has 0 spiro atoms. The number of aliphatic hydroxyl groups is 1. The van der Waals surface area contributed by atoms with Crippen molar-refractivity contribution in [2.75, 3.05) is 0 Å². The summed E-state index contributed by atoms with van der Waals surface area (Å²) in [5.41, 5.74) is -2.05. The first-order chi connectivity index (χ1) is 14.3. The minimum absolute atomic E-state index is 0.158. The molecule has 0 aliphatic heterocycles. The van der Waals surface area contributed by atoms with E-state index in [0.29, 0.717) is 6.42 Å². The average Bonchev–Trinajstić information content (AvgIpc) is 2.98. The lowest BCUT2D eigenvalue weighted by Crippen LogP contribution is -2.56. The van der Waals surface area contributed by atoms with E-state index >= 15 is 0 Å². The van der Waals surface area contributed by atoms with Gasteiger partial charge in [0.15, 0.2) is 18.0 Å². The molecule has 0 radical (unpaired) electrons. The molecule has 2 atom stereocenters. The van der Waals surface area contributed by atoms with E-state index in [4.69, 9.17) is 9.47 Å². The molecule has 0 amide bonds. The van der Waals surface area contributed by atoms with Crippen molar-refractivity contribution in [3.63, 3.8) is 0 Å². The van der Waals surface area contributed by atoms with E-state index in [9.17, 15) is 19.5 Å². The second-order valence-electron chi connectivity index (χ2n) is 8.33. The number of hydrogen-bond donors (Lipinski definition) is 1. The zero-order valence-corrected chi connectivity index (χ0v) is 19.0. The van der Waals surface area contributed by atoms with Gasteiger partial charge in [-0.25, -0.2) is 0 Å². The van der Waals surface area contributed by atoms with Crippen molar-refractivity contribution in [1.82, 2.24) is 0 Å². The molecule has 1 aliphatic rings. The van der Waals surface area contributed by atoms with Crippen LogP contribution < -0.4 is 0 Å². The maximum atomic E-state index is 12.8. The summed E-state index contributed by atoms with van der Waals surface area (Å²) in [5.74, 6) is -1.67. The Bertz CT molecular complexity index is 542. The van der Waals surface area contributed by atoms with Crippen LogP contribution in [-0.2, 0) is 23.9 Å². The summed E-state index contributed by atoms with van der Waals surface area (Å²) in [6, 6.07) is 0. The number of Topliss-reactive ketones (excluding diaryl/α,β-unsaturated/α-hetero) is 1. The number of carbonyl (C=O) groups is 3. The summed E-state index contributed by atoms with van der Waals surface area (Å²) in [6.45, 7) is 4.65. The zero-order chi connectivity index (χ0) is 22.4. The van der Waals surface area contributed by atoms with Gasteiger partial charge < -0.3 is 14.6 Å². The molecule has 0 saturated carbocycles. The van der Waals surface area contributed by atoms with Gasteiger partial charge in [0.25, 0.3) is 0 Å². The number of ketones is 1. The minimum atomic E-state index is -2.05. The molecule has 0 fully saturated rings. The fourth-order valence-corrected chi connectivity index (χ4v) is 3.92. The minimum Gasteiger partial charge on any atom is -0.455 e. The van der Waals surface area contributed by atoms with Crippen LogP contribution in [0.25, 0.3) is 0 Å². The van der Waals surface area contributed by atoms with Gasteiger partial charge in [-0.15, -0.1) is 0 Å². The lowest BCUT2D eigenvalue weighted by Gasteiger charge is -2.32. The first kappa shape index (κ1) is 26.3. The molecule has 0 saturated heterocycles. The Kier molecular flexibility index (Phi) is 12.6. The van der Waals surface area contributed by atoms with Gasteiger partial charge in [0.2, 0.25) is 5.60 Å². The highest BCUT2D eigenvalue weighted by atomic mass is 16.6. The van der Waals surface area contributed by atoms with Crippen molar-refractivity contribution in [3.05, 3.63) is 12.2 Å². The lowest BCUT2D eigenvalue weighted by molar-refractivity contribution is -0.180. The maximum Gasteiger partial charge on any atom is 0.303 e. The number of unbranched alkanes of at least 4 members (excludes halogenated alkanes) is 11. The monoisotopic (exact) mass is 424 g/mol. The summed E-state index contributed by atoms with van der Waals surface area (Å²) in [7, 11) is 0. The van der Waals surface area contributed by atoms with Crippen LogP contribution in [0.4, 0.5) is 0 Å². The summed E-state index contributed by atoms with van der Waals surface area (Å²) >= 11 is 0. The first-order valence-corrected chi connectivity index (χ1v) is 11.6. The molecule has 1 aliphatic carbocycles. The summed E-state index contributed by atoms with van der Waals surface area (Å²) in [4.78, 5) is 35.4. The molecule has 6 nitrogen and oxygen atoms in total. The Morgan fingerprint density at radius 2 is 1.10 bits per heavy atom.